The van der Waals surface area contributed by atoms with Crippen molar-refractivity contribution in [3.05, 3.63) is 54.0 Å². The van der Waals surface area contributed by atoms with Crippen molar-refractivity contribution in [1.29, 1.82) is 0 Å². The fraction of sp³-hybridized carbons (Fsp3) is 0.125. The summed E-state index contributed by atoms with van der Waals surface area (Å²) in [6.45, 7) is 1.94. The van der Waals surface area contributed by atoms with Crippen LogP contribution >= 0.6 is 11.8 Å². The van der Waals surface area contributed by atoms with E-state index in [9.17, 15) is 12.8 Å². The van der Waals surface area contributed by atoms with Gasteiger partial charge in [0.25, 0.3) is 0 Å². The quantitative estimate of drug-likeness (QED) is 0.781. The normalized spacial score (nSPS) is 12.0. The average Bonchev–Trinajstić information content (AvgIpc) is 2.76. The van der Waals surface area contributed by atoms with Gasteiger partial charge in [-0.05, 0) is 43.3 Å². The van der Waals surface area contributed by atoms with E-state index in [1.54, 1.807) is 30.3 Å². The first-order valence-electron chi connectivity index (χ1n) is 6.60. The Morgan fingerprint density at radius 2 is 1.77 bits per heavy atom. The smallest absolute Gasteiger partial charge is 0.175 e. The Morgan fingerprint density at radius 1 is 1.09 bits per heavy atom. The Hall–Kier alpha value is -1.79. The number of hydrogen-bond donors (Lipinski definition) is 1. The van der Waals surface area contributed by atoms with E-state index >= 15 is 0 Å². The van der Waals surface area contributed by atoms with E-state index in [-0.39, 0.29) is 5.82 Å². The first-order valence-corrected chi connectivity index (χ1v) is 9.31. The molecule has 0 aliphatic rings. The number of sulfone groups is 1. The summed E-state index contributed by atoms with van der Waals surface area (Å²) in [6, 6.07) is 11.4. The third-order valence-electron chi connectivity index (χ3n) is 3.36. The third-order valence-corrected chi connectivity index (χ3v) is 5.71. The number of fused-ring (bicyclic) bond motifs is 1. The molecular weight excluding hydrogens is 321 g/mol. The van der Waals surface area contributed by atoms with E-state index in [2.05, 4.69) is 4.98 Å². The first kappa shape index (κ1) is 15.1. The van der Waals surface area contributed by atoms with E-state index in [1.165, 1.54) is 30.2 Å². The highest BCUT2D eigenvalue weighted by Crippen LogP contribution is 2.37. The molecule has 0 saturated carbocycles. The highest BCUT2D eigenvalue weighted by molar-refractivity contribution is 7.99. The van der Waals surface area contributed by atoms with Crippen LogP contribution in [0, 0.1) is 12.7 Å². The van der Waals surface area contributed by atoms with Crippen LogP contribution in [0.2, 0.25) is 0 Å². The molecule has 0 saturated heterocycles. The monoisotopic (exact) mass is 335 g/mol. The van der Waals surface area contributed by atoms with Crippen LogP contribution in [-0.4, -0.2) is 19.7 Å². The van der Waals surface area contributed by atoms with Crippen LogP contribution in [0.15, 0.2) is 57.2 Å². The molecule has 114 valence electrons. The van der Waals surface area contributed by atoms with Crippen LogP contribution < -0.4 is 0 Å². The molecule has 0 unspecified atom stereocenters. The molecule has 0 amide bonds. The minimum Gasteiger partial charge on any atom is -0.358 e. The number of aromatic amines is 1. The second-order valence-corrected chi connectivity index (χ2v) is 8.21. The molecule has 0 radical (unpaired) electrons. The molecule has 0 aliphatic heterocycles. The second-order valence-electron chi connectivity index (χ2n) is 5.11. The van der Waals surface area contributed by atoms with Gasteiger partial charge in [0, 0.05) is 32.6 Å². The maximum Gasteiger partial charge on any atom is 0.175 e. The predicted octanol–water partition coefficient (Wildman–Crippen LogP) is 4.17. The number of benzene rings is 2. The Balaban J connectivity index is 2.06. The SMILES string of the molecule is Cc1[nH]c2cc(S(C)(=O)=O)ccc2c1Sc1ccc(F)cc1. The zero-order valence-corrected chi connectivity index (χ0v) is 13.7. The van der Waals surface area contributed by atoms with Gasteiger partial charge in [0.05, 0.1) is 4.90 Å². The number of rotatable bonds is 3. The molecule has 0 spiro atoms. The van der Waals surface area contributed by atoms with E-state index in [0.717, 1.165) is 26.4 Å². The summed E-state index contributed by atoms with van der Waals surface area (Å²) in [5.74, 6) is -0.266. The van der Waals surface area contributed by atoms with Crippen LogP contribution in [0.25, 0.3) is 10.9 Å². The van der Waals surface area contributed by atoms with Gasteiger partial charge in [0.2, 0.25) is 0 Å². The summed E-state index contributed by atoms with van der Waals surface area (Å²) in [4.78, 5) is 5.45. The zero-order valence-electron chi connectivity index (χ0n) is 12.1. The Morgan fingerprint density at radius 3 is 2.41 bits per heavy atom. The van der Waals surface area contributed by atoms with Crippen molar-refractivity contribution in [1.82, 2.24) is 4.98 Å². The first-order chi connectivity index (χ1) is 10.3. The van der Waals surface area contributed by atoms with Crippen molar-refractivity contribution in [2.75, 3.05) is 6.26 Å². The summed E-state index contributed by atoms with van der Waals surface area (Å²) < 4.78 is 36.3. The van der Waals surface area contributed by atoms with Gasteiger partial charge in [-0.15, -0.1) is 0 Å². The van der Waals surface area contributed by atoms with Crippen molar-refractivity contribution in [2.24, 2.45) is 0 Å². The van der Waals surface area contributed by atoms with Gasteiger partial charge in [-0.2, -0.15) is 0 Å². The molecule has 3 aromatic rings. The topological polar surface area (TPSA) is 49.9 Å². The molecule has 6 heteroatoms. The standard InChI is InChI=1S/C16H14FNO2S2/c1-10-16(21-12-5-3-11(17)4-6-12)14-8-7-13(22(2,19)20)9-15(14)18-10/h3-9,18H,1-2H3. The summed E-state index contributed by atoms with van der Waals surface area (Å²) >= 11 is 1.53. The van der Waals surface area contributed by atoms with Gasteiger partial charge < -0.3 is 4.98 Å². The van der Waals surface area contributed by atoms with Crippen LogP contribution in [0.1, 0.15) is 5.69 Å². The molecule has 1 heterocycles. The second kappa shape index (κ2) is 5.44. The molecule has 1 N–H and O–H groups in total. The molecule has 0 bridgehead atoms. The lowest BCUT2D eigenvalue weighted by Gasteiger charge is -2.02. The number of H-pyrrole nitrogens is 1. The van der Waals surface area contributed by atoms with E-state index < -0.39 is 9.84 Å². The largest absolute Gasteiger partial charge is 0.358 e. The average molecular weight is 335 g/mol. The van der Waals surface area contributed by atoms with E-state index in [0.29, 0.717) is 4.90 Å². The molecule has 1 aromatic heterocycles. The number of aryl methyl sites for hydroxylation is 1. The lowest BCUT2D eigenvalue weighted by Crippen LogP contribution is -1.96. The van der Waals surface area contributed by atoms with Gasteiger partial charge in [-0.25, -0.2) is 12.8 Å². The molecular formula is C16H14FNO2S2. The minimum atomic E-state index is -3.23. The van der Waals surface area contributed by atoms with Crippen LogP contribution in [-0.2, 0) is 9.84 Å². The molecule has 0 aliphatic carbocycles. The molecule has 0 fully saturated rings. The third kappa shape index (κ3) is 2.89. The lowest BCUT2D eigenvalue weighted by atomic mass is 10.2. The van der Waals surface area contributed by atoms with Gasteiger partial charge in [-0.1, -0.05) is 17.8 Å². The summed E-state index contributed by atoms with van der Waals surface area (Å²) in [5.41, 5.74) is 1.74. The molecule has 0 atom stereocenters. The van der Waals surface area contributed by atoms with Crippen molar-refractivity contribution in [2.45, 2.75) is 21.6 Å². The maximum absolute atomic E-state index is 13.0. The summed E-state index contributed by atoms with van der Waals surface area (Å²) in [5, 5.41) is 0.958. The lowest BCUT2D eigenvalue weighted by molar-refractivity contribution is 0.602. The van der Waals surface area contributed by atoms with Gasteiger partial charge in [0.1, 0.15) is 5.82 Å². The fourth-order valence-corrected chi connectivity index (χ4v) is 3.92. The number of nitrogens with one attached hydrogen (secondary N) is 1. The fourth-order valence-electron chi connectivity index (χ4n) is 2.27. The van der Waals surface area contributed by atoms with Crippen LogP contribution in [0.4, 0.5) is 4.39 Å². The minimum absolute atomic E-state index is 0.266. The van der Waals surface area contributed by atoms with Crippen LogP contribution in [0.3, 0.4) is 0 Å². The molecule has 22 heavy (non-hydrogen) atoms. The number of aromatic nitrogens is 1. The van der Waals surface area contributed by atoms with Crippen molar-refractivity contribution in [3.63, 3.8) is 0 Å². The Labute approximate surface area is 132 Å². The van der Waals surface area contributed by atoms with Crippen molar-refractivity contribution in [3.8, 4) is 0 Å². The zero-order chi connectivity index (χ0) is 15.9. The maximum atomic E-state index is 13.0. The van der Waals surface area contributed by atoms with Crippen molar-refractivity contribution >= 4 is 32.5 Å². The highest BCUT2D eigenvalue weighted by Gasteiger charge is 2.13. The van der Waals surface area contributed by atoms with Gasteiger partial charge in [-0.3, -0.25) is 0 Å². The predicted molar refractivity (Wildman–Crippen MR) is 86.7 cm³/mol. The van der Waals surface area contributed by atoms with Crippen molar-refractivity contribution < 1.29 is 12.8 Å². The number of halogens is 1. The summed E-state index contributed by atoms with van der Waals surface area (Å²) in [7, 11) is -3.23. The van der Waals surface area contributed by atoms with Gasteiger partial charge >= 0.3 is 0 Å². The Bertz CT molecular complexity index is 944. The molecule has 2 aromatic carbocycles. The van der Waals surface area contributed by atoms with E-state index in [4.69, 9.17) is 0 Å². The molecule has 3 nitrogen and oxygen atoms in total. The van der Waals surface area contributed by atoms with E-state index in [1.807, 2.05) is 6.92 Å². The van der Waals surface area contributed by atoms with Gasteiger partial charge in [0.15, 0.2) is 9.84 Å². The van der Waals surface area contributed by atoms with Crippen LogP contribution in [0.5, 0.6) is 0 Å². The Kier molecular flexibility index (Phi) is 3.74. The highest BCUT2D eigenvalue weighted by atomic mass is 32.2. The summed E-state index contributed by atoms with van der Waals surface area (Å²) in [6.07, 6.45) is 1.19. The number of hydrogen-bond acceptors (Lipinski definition) is 3. The molecule has 3 rings (SSSR count).